The number of aromatic hydroxyl groups is 1. The first-order valence-corrected chi connectivity index (χ1v) is 10.7. The number of nitrogens with zero attached hydrogens (tertiary/aromatic N) is 3. The van der Waals surface area contributed by atoms with Gasteiger partial charge in [0.2, 0.25) is 5.91 Å². The highest BCUT2D eigenvalue weighted by atomic mass is 32.1. The van der Waals surface area contributed by atoms with Crippen LogP contribution in [-0.4, -0.2) is 35.6 Å². The molecule has 31 heavy (non-hydrogen) atoms. The zero-order chi connectivity index (χ0) is 22.2. The molecule has 2 heterocycles. The van der Waals surface area contributed by atoms with Gasteiger partial charge < -0.3 is 10.8 Å². The minimum atomic E-state index is -0.867. The van der Waals surface area contributed by atoms with E-state index in [-0.39, 0.29) is 17.6 Å². The molecule has 0 spiro atoms. The van der Waals surface area contributed by atoms with Gasteiger partial charge in [-0.3, -0.25) is 14.7 Å². The van der Waals surface area contributed by atoms with Gasteiger partial charge in [-0.1, -0.05) is 30.3 Å². The maximum atomic E-state index is 13.3. The van der Waals surface area contributed by atoms with E-state index in [1.807, 2.05) is 19.1 Å². The summed E-state index contributed by atoms with van der Waals surface area (Å²) in [5.74, 6) is -0.350. The molecule has 0 saturated heterocycles. The first-order chi connectivity index (χ1) is 14.8. The normalized spacial score (nSPS) is 21.1. The molecule has 4 rings (SSSR count). The highest BCUT2D eigenvalue weighted by molar-refractivity contribution is 7.10. The number of nitrogens with two attached hydrogens (primary N) is 1. The maximum Gasteiger partial charge on any atom is 0.239 e. The molecule has 0 radical (unpaired) electrons. The minimum Gasteiger partial charge on any atom is -0.508 e. The Morgan fingerprint density at radius 1 is 1.23 bits per heavy atom. The average Bonchev–Trinajstić information content (AvgIpc) is 3.25. The predicted octanol–water partition coefficient (Wildman–Crippen LogP) is 4.11. The van der Waals surface area contributed by atoms with Crippen LogP contribution in [0.4, 0.5) is 0 Å². The van der Waals surface area contributed by atoms with E-state index in [4.69, 9.17) is 10.7 Å². The lowest BCUT2D eigenvalue weighted by Crippen LogP contribution is -2.52. The lowest BCUT2D eigenvalue weighted by atomic mass is 9.77. The lowest BCUT2D eigenvalue weighted by molar-refractivity contribution is -0.130. The van der Waals surface area contributed by atoms with E-state index >= 15 is 0 Å². The second-order valence-corrected chi connectivity index (χ2v) is 8.73. The van der Waals surface area contributed by atoms with Crippen LogP contribution in [0.2, 0.25) is 0 Å². The van der Waals surface area contributed by atoms with Crippen molar-refractivity contribution in [2.45, 2.75) is 24.9 Å². The minimum absolute atomic E-state index is 0.130. The summed E-state index contributed by atoms with van der Waals surface area (Å²) in [6.45, 7) is 6.07. The molecule has 0 aliphatic carbocycles. The third-order valence-electron chi connectivity index (χ3n) is 5.71. The number of phenols is 1. The van der Waals surface area contributed by atoms with Gasteiger partial charge in [0, 0.05) is 11.9 Å². The van der Waals surface area contributed by atoms with Gasteiger partial charge >= 0.3 is 0 Å². The fourth-order valence-corrected chi connectivity index (χ4v) is 5.04. The molecule has 2 aromatic carbocycles. The molecular weight excluding hydrogens is 408 g/mol. The zero-order valence-electron chi connectivity index (χ0n) is 17.4. The molecule has 158 valence electrons. The van der Waals surface area contributed by atoms with Crippen molar-refractivity contribution in [2.75, 3.05) is 7.05 Å². The Hall–Kier alpha value is -3.45. The summed E-state index contributed by atoms with van der Waals surface area (Å²) in [6, 6.07) is 17.0. The van der Waals surface area contributed by atoms with Crippen LogP contribution < -0.4 is 5.73 Å². The Labute approximate surface area is 185 Å². The van der Waals surface area contributed by atoms with Crippen LogP contribution >= 0.6 is 11.3 Å². The number of phenolic OH excluding ortho intramolecular Hbond substituents is 1. The SMILES string of the molecule is C=NCc1cccc(-c2csc([C@@]3(C)N=C(N)N(C)C(=O)[C@@H]3c3ccc(O)cc3)c2)c1. The molecule has 0 bridgehead atoms. The fourth-order valence-electron chi connectivity index (χ4n) is 3.99. The third-order valence-corrected chi connectivity index (χ3v) is 6.87. The number of carbonyl (C=O) groups excluding carboxylic acids is 1. The molecule has 6 nitrogen and oxygen atoms in total. The summed E-state index contributed by atoms with van der Waals surface area (Å²) in [7, 11) is 1.63. The molecular formula is C24H24N4O2S. The Bertz CT molecular complexity index is 1170. The molecule has 3 aromatic rings. The molecule has 1 aromatic heterocycles. The van der Waals surface area contributed by atoms with E-state index in [2.05, 4.69) is 35.3 Å². The summed E-state index contributed by atoms with van der Waals surface area (Å²) in [5, 5.41) is 11.8. The molecule has 0 fully saturated rings. The van der Waals surface area contributed by atoms with Crippen molar-refractivity contribution in [3.05, 3.63) is 76.0 Å². The van der Waals surface area contributed by atoms with E-state index in [0.717, 1.165) is 27.1 Å². The third kappa shape index (κ3) is 3.72. The van der Waals surface area contributed by atoms with Crippen LogP contribution in [0.1, 0.15) is 28.8 Å². The van der Waals surface area contributed by atoms with Gasteiger partial charge in [-0.25, -0.2) is 4.99 Å². The summed E-state index contributed by atoms with van der Waals surface area (Å²) in [6.07, 6.45) is 0. The number of hydrogen-bond donors (Lipinski definition) is 2. The number of aliphatic imine (C=N–C) groups is 2. The van der Waals surface area contributed by atoms with Crippen molar-refractivity contribution in [1.82, 2.24) is 4.90 Å². The number of likely N-dealkylation sites (N-methyl/N-ethyl adjacent to an activating group) is 1. The van der Waals surface area contributed by atoms with E-state index < -0.39 is 11.5 Å². The van der Waals surface area contributed by atoms with Crippen molar-refractivity contribution in [2.24, 2.45) is 15.7 Å². The molecule has 0 unspecified atom stereocenters. The number of rotatable bonds is 5. The Morgan fingerprint density at radius 3 is 2.68 bits per heavy atom. The molecule has 2 atom stereocenters. The topological polar surface area (TPSA) is 91.3 Å². The van der Waals surface area contributed by atoms with Gasteiger partial charge in [-0.05, 0) is 65.5 Å². The average molecular weight is 433 g/mol. The van der Waals surface area contributed by atoms with E-state index in [0.29, 0.717) is 6.54 Å². The molecule has 3 N–H and O–H groups in total. The standard InChI is InChI=1S/C24H24N4O2S/c1-24(20-12-18(14-31-20)17-6-4-5-15(11-17)13-26-2)21(16-7-9-19(29)10-8-16)22(30)28(3)23(25)27-24/h4-12,14,21,29H,2,13H2,1,3H3,(H2,25,27)/t21-,24+/m0/s1. The van der Waals surface area contributed by atoms with Gasteiger partial charge in [0.25, 0.3) is 0 Å². The van der Waals surface area contributed by atoms with Crippen LogP contribution in [0.25, 0.3) is 11.1 Å². The number of amides is 1. The van der Waals surface area contributed by atoms with Crippen molar-refractivity contribution in [3.8, 4) is 16.9 Å². The van der Waals surface area contributed by atoms with Crippen LogP contribution in [-0.2, 0) is 16.9 Å². The van der Waals surface area contributed by atoms with E-state index in [9.17, 15) is 9.90 Å². The van der Waals surface area contributed by atoms with Crippen LogP contribution in [0.5, 0.6) is 5.75 Å². The number of thiophene rings is 1. The summed E-state index contributed by atoms with van der Waals surface area (Å²) >= 11 is 1.56. The summed E-state index contributed by atoms with van der Waals surface area (Å²) < 4.78 is 0. The molecule has 1 aliphatic rings. The van der Waals surface area contributed by atoms with Crippen LogP contribution in [0.15, 0.2) is 70.0 Å². The molecule has 1 aliphatic heterocycles. The lowest BCUT2D eigenvalue weighted by Gasteiger charge is -2.40. The smallest absolute Gasteiger partial charge is 0.239 e. The zero-order valence-corrected chi connectivity index (χ0v) is 18.3. The first kappa shape index (κ1) is 20.8. The number of benzene rings is 2. The number of guanidine groups is 1. The quantitative estimate of drug-likeness (QED) is 0.595. The molecule has 1 amide bonds. The predicted molar refractivity (Wildman–Crippen MR) is 126 cm³/mol. The Kier molecular flexibility index (Phi) is 5.37. The Morgan fingerprint density at radius 2 is 1.97 bits per heavy atom. The fraction of sp³-hybridized carbons (Fsp3) is 0.208. The summed E-state index contributed by atoms with van der Waals surface area (Å²) in [4.78, 5) is 24.4. The summed E-state index contributed by atoms with van der Waals surface area (Å²) in [5.41, 5.74) is 9.25. The highest BCUT2D eigenvalue weighted by Gasteiger charge is 2.48. The van der Waals surface area contributed by atoms with Crippen molar-refractivity contribution in [3.63, 3.8) is 0 Å². The van der Waals surface area contributed by atoms with Crippen LogP contribution in [0, 0.1) is 0 Å². The van der Waals surface area contributed by atoms with Gasteiger partial charge in [0.1, 0.15) is 11.3 Å². The second kappa shape index (κ2) is 8.00. The maximum absolute atomic E-state index is 13.3. The van der Waals surface area contributed by atoms with Crippen molar-refractivity contribution >= 4 is 29.9 Å². The van der Waals surface area contributed by atoms with Crippen LogP contribution in [0.3, 0.4) is 0 Å². The molecule has 0 saturated carbocycles. The van der Waals surface area contributed by atoms with Gasteiger partial charge in [-0.15, -0.1) is 11.3 Å². The number of carbonyl (C=O) groups is 1. The molecule has 7 heteroatoms. The highest BCUT2D eigenvalue weighted by Crippen LogP contribution is 2.47. The van der Waals surface area contributed by atoms with Gasteiger partial charge in [-0.2, -0.15) is 0 Å². The first-order valence-electron chi connectivity index (χ1n) is 9.86. The largest absolute Gasteiger partial charge is 0.508 e. The van der Waals surface area contributed by atoms with E-state index in [1.165, 1.54) is 4.90 Å². The van der Waals surface area contributed by atoms with Gasteiger partial charge in [0.15, 0.2) is 5.96 Å². The van der Waals surface area contributed by atoms with E-state index in [1.54, 1.807) is 42.6 Å². The van der Waals surface area contributed by atoms with Crippen molar-refractivity contribution in [1.29, 1.82) is 0 Å². The number of hydrogen-bond acceptors (Lipinski definition) is 6. The Balaban J connectivity index is 1.80. The van der Waals surface area contributed by atoms with Gasteiger partial charge in [0.05, 0.1) is 12.5 Å². The second-order valence-electron chi connectivity index (χ2n) is 7.82. The monoisotopic (exact) mass is 432 g/mol. The van der Waals surface area contributed by atoms with Crippen molar-refractivity contribution < 1.29 is 9.90 Å².